The molecule has 2 aromatic carbocycles. The molecular formula is C25H30Cl2N2O3. The van der Waals surface area contributed by atoms with Gasteiger partial charge in [0.05, 0.1) is 0 Å². The standard InChI is InChI=1S/C25H30Cl2N2O3/c1-2-23(25(31)28-21-6-4-3-5-7-21)29(16-18-8-10-19(26)11-9-18)24(30)17-32-22-14-12-20(27)13-15-22/h8-15,21,23H,2-7,16-17H2,1H3,(H,28,31)/t23-/m1/s1. The van der Waals surface area contributed by atoms with Gasteiger partial charge in [-0.1, -0.05) is 61.5 Å². The van der Waals surface area contributed by atoms with Crippen molar-refractivity contribution >= 4 is 35.0 Å². The minimum atomic E-state index is -0.575. The monoisotopic (exact) mass is 476 g/mol. The van der Waals surface area contributed by atoms with Crippen LogP contribution in [0.15, 0.2) is 48.5 Å². The molecule has 0 aliphatic heterocycles. The number of halogens is 2. The summed E-state index contributed by atoms with van der Waals surface area (Å²) in [5.74, 6) is 0.197. The zero-order chi connectivity index (χ0) is 22.9. The lowest BCUT2D eigenvalue weighted by molar-refractivity contribution is -0.143. The zero-order valence-electron chi connectivity index (χ0n) is 18.4. The van der Waals surface area contributed by atoms with E-state index in [2.05, 4.69) is 5.32 Å². The van der Waals surface area contributed by atoms with Gasteiger partial charge in [0.15, 0.2) is 6.61 Å². The number of amides is 2. The highest BCUT2D eigenvalue weighted by Gasteiger charge is 2.30. The van der Waals surface area contributed by atoms with Gasteiger partial charge in [-0.15, -0.1) is 0 Å². The van der Waals surface area contributed by atoms with Crippen molar-refractivity contribution in [1.82, 2.24) is 10.2 Å². The molecule has 5 nitrogen and oxygen atoms in total. The maximum absolute atomic E-state index is 13.2. The van der Waals surface area contributed by atoms with Gasteiger partial charge in [-0.25, -0.2) is 0 Å². The van der Waals surface area contributed by atoms with E-state index in [0.29, 0.717) is 28.8 Å². The van der Waals surface area contributed by atoms with E-state index in [-0.39, 0.29) is 24.5 Å². The lowest BCUT2D eigenvalue weighted by Crippen LogP contribution is -2.52. The quantitative estimate of drug-likeness (QED) is 0.510. The Morgan fingerprint density at radius 3 is 2.19 bits per heavy atom. The molecule has 0 radical (unpaired) electrons. The van der Waals surface area contributed by atoms with E-state index < -0.39 is 6.04 Å². The summed E-state index contributed by atoms with van der Waals surface area (Å²) in [5.41, 5.74) is 0.901. The minimum absolute atomic E-state index is 0.104. The fourth-order valence-corrected chi connectivity index (χ4v) is 4.26. The van der Waals surface area contributed by atoms with Crippen LogP contribution in [0.5, 0.6) is 5.75 Å². The van der Waals surface area contributed by atoms with Gasteiger partial charge in [-0.3, -0.25) is 9.59 Å². The Morgan fingerprint density at radius 2 is 1.59 bits per heavy atom. The molecule has 0 unspecified atom stereocenters. The summed E-state index contributed by atoms with van der Waals surface area (Å²) in [7, 11) is 0. The van der Waals surface area contributed by atoms with Gasteiger partial charge in [0, 0.05) is 22.6 Å². The molecule has 0 aromatic heterocycles. The number of hydrogen-bond donors (Lipinski definition) is 1. The Labute approximate surface area is 200 Å². The van der Waals surface area contributed by atoms with Crippen molar-refractivity contribution in [2.24, 2.45) is 0 Å². The van der Waals surface area contributed by atoms with Crippen LogP contribution in [0.4, 0.5) is 0 Å². The smallest absolute Gasteiger partial charge is 0.261 e. The second-order valence-electron chi connectivity index (χ2n) is 8.16. The highest BCUT2D eigenvalue weighted by atomic mass is 35.5. The number of nitrogens with zero attached hydrogens (tertiary/aromatic N) is 1. The summed E-state index contributed by atoms with van der Waals surface area (Å²) in [6.45, 7) is 2.06. The van der Waals surface area contributed by atoms with E-state index in [1.54, 1.807) is 41.3 Å². The van der Waals surface area contributed by atoms with Crippen LogP contribution in [0.1, 0.15) is 51.0 Å². The summed E-state index contributed by atoms with van der Waals surface area (Å²) in [6, 6.07) is 13.8. The molecule has 0 heterocycles. The Balaban J connectivity index is 1.73. The highest BCUT2D eigenvalue weighted by Crippen LogP contribution is 2.20. The van der Waals surface area contributed by atoms with Crippen LogP contribution in [-0.4, -0.2) is 35.4 Å². The minimum Gasteiger partial charge on any atom is -0.484 e. The molecule has 3 rings (SSSR count). The molecule has 1 N–H and O–H groups in total. The van der Waals surface area contributed by atoms with Crippen molar-refractivity contribution in [3.8, 4) is 5.75 Å². The van der Waals surface area contributed by atoms with Crippen LogP contribution in [-0.2, 0) is 16.1 Å². The lowest BCUT2D eigenvalue weighted by atomic mass is 9.95. The van der Waals surface area contributed by atoms with Crippen molar-refractivity contribution in [3.05, 3.63) is 64.1 Å². The molecule has 1 fully saturated rings. The van der Waals surface area contributed by atoms with E-state index in [1.807, 2.05) is 19.1 Å². The number of benzene rings is 2. The van der Waals surface area contributed by atoms with Gasteiger partial charge in [0.25, 0.3) is 5.91 Å². The fourth-order valence-electron chi connectivity index (χ4n) is 4.01. The average molecular weight is 477 g/mol. The summed E-state index contributed by atoms with van der Waals surface area (Å²) in [5, 5.41) is 4.39. The Morgan fingerprint density at radius 1 is 1.00 bits per heavy atom. The molecule has 32 heavy (non-hydrogen) atoms. The van der Waals surface area contributed by atoms with E-state index in [9.17, 15) is 9.59 Å². The van der Waals surface area contributed by atoms with Gasteiger partial charge in [0.2, 0.25) is 5.91 Å². The van der Waals surface area contributed by atoms with Crippen LogP contribution in [0.2, 0.25) is 10.0 Å². The molecular weight excluding hydrogens is 447 g/mol. The molecule has 0 bridgehead atoms. The molecule has 0 spiro atoms. The number of carbonyl (C=O) groups excluding carboxylic acids is 2. The first-order valence-corrected chi connectivity index (χ1v) is 11.9. The third kappa shape index (κ3) is 7.14. The maximum atomic E-state index is 13.2. The van der Waals surface area contributed by atoms with E-state index in [0.717, 1.165) is 31.2 Å². The molecule has 2 aromatic rings. The van der Waals surface area contributed by atoms with Crippen molar-refractivity contribution in [1.29, 1.82) is 0 Å². The maximum Gasteiger partial charge on any atom is 0.261 e. The van der Waals surface area contributed by atoms with Crippen LogP contribution in [0.25, 0.3) is 0 Å². The third-order valence-corrected chi connectivity index (χ3v) is 6.28. The topological polar surface area (TPSA) is 58.6 Å². The molecule has 1 aliphatic rings. The Kier molecular flexibility index (Phi) is 9.24. The normalized spacial score (nSPS) is 15.1. The first kappa shape index (κ1) is 24.4. The summed E-state index contributed by atoms with van der Waals surface area (Å²) >= 11 is 11.9. The first-order chi connectivity index (χ1) is 15.5. The highest BCUT2D eigenvalue weighted by molar-refractivity contribution is 6.30. The van der Waals surface area contributed by atoms with Crippen molar-refractivity contribution < 1.29 is 14.3 Å². The Bertz CT molecular complexity index is 881. The summed E-state index contributed by atoms with van der Waals surface area (Å²) in [6.07, 6.45) is 5.97. The molecule has 1 atom stereocenters. The third-order valence-electron chi connectivity index (χ3n) is 5.78. The number of nitrogens with one attached hydrogen (secondary N) is 1. The zero-order valence-corrected chi connectivity index (χ0v) is 19.9. The molecule has 7 heteroatoms. The molecule has 172 valence electrons. The average Bonchev–Trinajstić information content (AvgIpc) is 2.80. The Hall–Kier alpha value is -2.24. The number of rotatable bonds is 9. The summed E-state index contributed by atoms with van der Waals surface area (Å²) in [4.78, 5) is 28.0. The lowest BCUT2D eigenvalue weighted by Gasteiger charge is -2.32. The predicted octanol–water partition coefficient (Wildman–Crippen LogP) is 5.63. The molecule has 0 saturated heterocycles. The van der Waals surface area contributed by atoms with Gasteiger partial charge in [0.1, 0.15) is 11.8 Å². The van der Waals surface area contributed by atoms with Gasteiger partial charge >= 0.3 is 0 Å². The van der Waals surface area contributed by atoms with Crippen LogP contribution in [0.3, 0.4) is 0 Å². The van der Waals surface area contributed by atoms with Gasteiger partial charge in [-0.2, -0.15) is 0 Å². The number of carbonyl (C=O) groups is 2. The molecule has 1 aliphatic carbocycles. The second-order valence-corrected chi connectivity index (χ2v) is 9.03. The fraction of sp³-hybridized carbons (Fsp3) is 0.440. The molecule has 2 amide bonds. The van der Waals surface area contributed by atoms with Gasteiger partial charge in [-0.05, 0) is 61.2 Å². The molecule has 1 saturated carbocycles. The van der Waals surface area contributed by atoms with Crippen molar-refractivity contribution in [2.45, 2.75) is 64.1 Å². The SMILES string of the molecule is CC[C@H](C(=O)NC1CCCCC1)N(Cc1ccc(Cl)cc1)C(=O)COc1ccc(Cl)cc1. The summed E-state index contributed by atoms with van der Waals surface area (Å²) < 4.78 is 5.68. The van der Waals surface area contributed by atoms with Crippen LogP contribution >= 0.6 is 23.2 Å². The van der Waals surface area contributed by atoms with Crippen LogP contribution in [0, 0.1) is 0 Å². The van der Waals surface area contributed by atoms with Gasteiger partial charge < -0.3 is 15.0 Å². The van der Waals surface area contributed by atoms with Crippen molar-refractivity contribution in [3.63, 3.8) is 0 Å². The second kappa shape index (κ2) is 12.1. The van der Waals surface area contributed by atoms with Crippen LogP contribution < -0.4 is 10.1 Å². The largest absolute Gasteiger partial charge is 0.484 e. The number of hydrogen-bond acceptors (Lipinski definition) is 3. The van der Waals surface area contributed by atoms with E-state index >= 15 is 0 Å². The number of ether oxygens (including phenoxy) is 1. The van der Waals surface area contributed by atoms with E-state index in [4.69, 9.17) is 27.9 Å². The van der Waals surface area contributed by atoms with E-state index in [1.165, 1.54) is 6.42 Å². The first-order valence-electron chi connectivity index (χ1n) is 11.2. The van der Waals surface area contributed by atoms with Crippen molar-refractivity contribution in [2.75, 3.05) is 6.61 Å². The predicted molar refractivity (Wildman–Crippen MR) is 128 cm³/mol.